The molecular formula is C21H25N9O. The van der Waals surface area contributed by atoms with Gasteiger partial charge in [0.1, 0.15) is 5.75 Å². The molecule has 1 fully saturated rings. The fourth-order valence-electron chi connectivity index (χ4n) is 3.81. The Hall–Kier alpha value is -3.66. The van der Waals surface area contributed by atoms with E-state index in [1.165, 1.54) is 0 Å². The lowest BCUT2D eigenvalue weighted by Gasteiger charge is -2.34. The van der Waals surface area contributed by atoms with E-state index in [1.807, 2.05) is 25.4 Å². The molecule has 3 aromatic heterocycles. The molecule has 1 N–H and O–H groups in total. The van der Waals surface area contributed by atoms with E-state index >= 15 is 0 Å². The topological polar surface area (TPSA) is 88.6 Å². The lowest BCUT2D eigenvalue weighted by molar-refractivity contribution is 0.311. The molecule has 4 aromatic rings. The van der Waals surface area contributed by atoms with Crippen LogP contribution in [0.1, 0.15) is 0 Å². The van der Waals surface area contributed by atoms with Gasteiger partial charge in [0.15, 0.2) is 5.65 Å². The van der Waals surface area contributed by atoms with Crippen LogP contribution >= 0.6 is 0 Å². The van der Waals surface area contributed by atoms with Gasteiger partial charge in [-0.1, -0.05) is 0 Å². The molecule has 10 nitrogen and oxygen atoms in total. The van der Waals surface area contributed by atoms with Gasteiger partial charge in [-0.3, -0.25) is 9.67 Å². The second-order valence-corrected chi connectivity index (χ2v) is 7.70. The van der Waals surface area contributed by atoms with Gasteiger partial charge in [0.25, 0.3) is 0 Å². The Morgan fingerprint density at radius 3 is 2.61 bits per heavy atom. The van der Waals surface area contributed by atoms with Gasteiger partial charge in [0, 0.05) is 56.7 Å². The quantitative estimate of drug-likeness (QED) is 0.526. The second kappa shape index (κ2) is 7.88. The fraction of sp³-hybridized carbons (Fsp3) is 0.333. The van der Waals surface area contributed by atoms with Crippen molar-refractivity contribution in [2.24, 2.45) is 7.05 Å². The zero-order valence-corrected chi connectivity index (χ0v) is 17.9. The van der Waals surface area contributed by atoms with Crippen LogP contribution in [0.25, 0.3) is 16.9 Å². The van der Waals surface area contributed by atoms with Crippen molar-refractivity contribution in [3.63, 3.8) is 0 Å². The molecule has 160 valence electrons. The summed E-state index contributed by atoms with van der Waals surface area (Å²) in [5.74, 6) is 1.32. The number of hydrogen-bond acceptors (Lipinski definition) is 8. The summed E-state index contributed by atoms with van der Waals surface area (Å²) in [5.41, 5.74) is 4.38. The molecule has 1 aliphatic heterocycles. The number of nitrogens with zero attached hydrogens (tertiary/aromatic N) is 8. The number of likely N-dealkylation sites (N-methyl/N-ethyl adjacent to an activating group) is 1. The zero-order valence-electron chi connectivity index (χ0n) is 17.9. The number of ether oxygens (including phenoxy) is 1. The molecule has 1 aliphatic rings. The van der Waals surface area contributed by atoms with E-state index in [4.69, 9.17) is 4.74 Å². The van der Waals surface area contributed by atoms with Gasteiger partial charge in [-0.05, 0) is 19.2 Å². The van der Waals surface area contributed by atoms with Crippen molar-refractivity contribution < 1.29 is 4.74 Å². The van der Waals surface area contributed by atoms with Crippen molar-refractivity contribution in [2.75, 3.05) is 50.6 Å². The highest BCUT2D eigenvalue weighted by molar-refractivity contribution is 5.68. The summed E-state index contributed by atoms with van der Waals surface area (Å²) in [5, 5.41) is 12.2. The molecule has 0 bridgehead atoms. The maximum absolute atomic E-state index is 5.68. The summed E-state index contributed by atoms with van der Waals surface area (Å²) >= 11 is 0. The number of hydrogen-bond donors (Lipinski definition) is 1. The van der Waals surface area contributed by atoms with E-state index in [9.17, 15) is 0 Å². The molecular weight excluding hydrogens is 394 g/mol. The summed E-state index contributed by atoms with van der Waals surface area (Å²) in [7, 11) is 5.73. The van der Waals surface area contributed by atoms with E-state index < -0.39 is 0 Å². The number of fused-ring (bicyclic) bond motifs is 1. The van der Waals surface area contributed by atoms with Gasteiger partial charge < -0.3 is 19.9 Å². The molecule has 0 saturated carbocycles. The number of benzene rings is 1. The van der Waals surface area contributed by atoms with Gasteiger partial charge in [0.2, 0.25) is 5.95 Å². The molecule has 0 spiro atoms. The third-order valence-corrected chi connectivity index (χ3v) is 5.53. The number of methoxy groups -OCH3 is 1. The predicted molar refractivity (Wildman–Crippen MR) is 119 cm³/mol. The predicted octanol–water partition coefficient (Wildman–Crippen LogP) is 2.03. The van der Waals surface area contributed by atoms with Crippen molar-refractivity contribution in [3.05, 3.63) is 43.0 Å². The largest absolute Gasteiger partial charge is 0.495 e. The van der Waals surface area contributed by atoms with Crippen molar-refractivity contribution in [3.8, 4) is 17.0 Å². The molecule has 0 atom stereocenters. The Morgan fingerprint density at radius 1 is 1.03 bits per heavy atom. The number of aryl methyl sites for hydroxylation is 1. The summed E-state index contributed by atoms with van der Waals surface area (Å²) in [6.45, 7) is 4.05. The van der Waals surface area contributed by atoms with Crippen LogP contribution in [0.4, 0.5) is 17.3 Å². The SMILES string of the molecule is COc1cc(Nc2nc3cncc(-c4cnn(C)c4)n3n2)ccc1N1CCN(C)CC1. The van der Waals surface area contributed by atoms with Crippen LogP contribution in [-0.2, 0) is 7.05 Å². The van der Waals surface area contributed by atoms with E-state index in [0.29, 0.717) is 11.6 Å². The Kier molecular flexibility index (Phi) is 4.91. The summed E-state index contributed by atoms with van der Waals surface area (Å²) in [6.07, 6.45) is 7.16. The first-order valence-corrected chi connectivity index (χ1v) is 10.2. The van der Waals surface area contributed by atoms with Crippen molar-refractivity contribution in [1.82, 2.24) is 34.3 Å². The number of anilines is 3. The summed E-state index contributed by atoms with van der Waals surface area (Å²) < 4.78 is 9.20. The smallest absolute Gasteiger partial charge is 0.247 e. The highest BCUT2D eigenvalue weighted by Crippen LogP contribution is 2.32. The lowest BCUT2D eigenvalue weighted by atomic mass is 10.2. The second-order valence-electron chi connectivity index (χ2n) is 7.70. The van der Waals surface area contributed by atoms with Crippen LogP contribution in [0.3, 0.4) is 0 Å². The zero-order chi connectivity index (χ0) is 21.4. The van der Waals surface area contributed by atoms with Crippen LogP contribution in [0, 0.1) is 0 Å². The summed E-state index contributed by atoms with van der Waals surface area (Å²) in [4.78, 5) is 13.6. The van der Waals surface area contributed by atoms with Crippen LogP contribution < -0.4 is 15.0 Å². The van der Waals surface area contributed by atoms with E-state index in [-0.39, 0.29) is 0 Å². The minimum absolute atomic E-state index is 0.493. The molecule has 4 heterocycles. The van der Waals surface area contributed by atoms with Crippen molar-refractivity contribution in [1.29, 1.82) is 0 Å². The van der Waals surface area contributed by atoms with Crippen LogP contribution in [0.2, 0.25) is 0 Å². The molecule has 0 radical (unpaired) electrons. The standard InChI is InChI=1S/C21H25N9O/c1-27-6-8-29(9-7-27)17-5-4-16(10-19(17)31-3)24-21-25-20-13-22-12-18(30(20)26-21)15-11-23-28(2)14-15/h4-5,10-14H,6-9H2,1-3H3,(H,24,26). The number of nitrogens with one attached hydrogen (secondary N) is 1. The van der Waals surface area contributed by atoms with Gasteiger partial charge in [-0.15, -0.1) is 5.10 Å². The highest BCUT2D eigenvalue weighted by atomic mass is 16.5. The Bertz CT molecular complexity index is 1210. The maximum Gasteiger partial charge on any atom is 0.247 e. The Balaban J connectivity index is 1.42. The molecule has 31 heavy (non-hydrogen) atoms. The molecule has 0 amide bonds. The highest BCUT2D eigenvalue weighted by Gasteiger charge is 2.18. The van der Waals surface area contributed by atoms with Gasteiger partial charge >= 0.3 is 0 Å². The molecule has 0 aliphatic carbocycles. The van der Waals surface area contributed by atoms with E-state index in [2.05, 4.69) is 48.4 Å². The number of aromatic nitrogens is 6. The maximum atomic E-state index is 5.68. The Morgan fingerprint density at radius 2 is 1.87 bits per heavy atom. The minimum Gasteiger partial charge on any atom is -0.495 e. The fourth-order valence-corrected chi connectivity index (χ4v) is 3.81. The first kappa shape index (κ1) is 19.3. The number of piperazine rings is 1. The van der Waals surface area contributed by atoms with Crippen LogP contribution in [0.15, 0.2) is 43.0 Å². The average molecular weight is 419 g/mol. The first-order chi connectivity index (χ1) is 15.1. The first-order valence-electron chi connectivity index (χ1n) is 10.2. The van der Waals surface area contributed by atoms with E-state index in [0.717, 1.165) is 54.6 Å². The van der Waals surface area contributed by atoms with Crippen LogP contribution in [0.5, 0.6) is 5.75 Å². The van der Waals surface area contributed by atoms with Crippen molar-refractivity contribution >= 4 is 23.0 Å². The normalized spacial score (nSPS) is 14.9. The van der Waals surface area contributed by atoms with Gasteiger partial charge in [-0.25, -0.2) is 4.52 Å². The monoisotopic (exact) mass is 419 g/mol. The molecule has 0 unspecified atom stereocenters. The van der Waals surface area contributed by atoms with Crippen molar-refractivity contribution in [2.45, 2.75) is 0 Å². The summed E-state index contributed by atoms with van der Waals surface area (Å²) in [6, 6.07) is 6.10. The van der Waals surface area contributed by atoms with Crippen LogP contribution in [-0.4, -0.2) is 74.6 Å². The van der Waals surface area contributed by atoms with E-state index in [1.54, 1.807) is 34.9 Å². The number of rotatable bonds is 5. The molecule has 5 rings (SSSR count). The molecule has 1 aromatic carbocycles. The third-order valence-electron chi connectivity index (χ3n) is 5.53. The molecule has 1 saturated heterocycles. The average Bonchev–Trinajstić information content (AvgIpc) is 3.39. The van der Waals surface area contributed by atoms with Gasteiger partial charge in [0.05, 0.1) is 37.1 Å². The van der Waals surface area contributed by atoms with Gasteiger partial charge in [-0.2, -0.15) is 10.1 Å². The third kappa shape index (κ3) is 3.77. The lowest BCUT2D eigenvalue weighted by Crippen LogP contribution is -2.44. The minimum atomic E-state index is 0.493. The Labute approximate surface area is 180 Å². The molecule has 10 heteroatoms.